The van der Waals surface area contributed by atoms with Crippen molar-refractivity contribution >= 4 is 0 Å². The van der Waals surface area contributed by atoms with Gasteiger partial charge < -0.3 is 19.9 Å². The summed E-state index contributed by atoms with van der Waals surface area (Å²) in [6, 6.07) is 16.3. The minimum atomic E-state index is -0.406. The number of ether oxygens (including phenoxy) is 2. The molecule has 2 aromatic rings. The third kappa shape index (κ3) is 3.47. The first-order valence-corrected chi connectivity index (χ1v) is 7.50. The first kappa shape index (κ1) is 15.0. The van der Waals surface area contributed by atoms with Crippen LogP contribution in [-0.2, 0) is 11.3 Å². The van der Waals surface area contributed by atoms with Gasteiger partial charge in [-0.15, -0.1) is 0 Å². The van der Waals surface area contributed by atoms with Crippen molar-refractivity contribution in [3.63, 3.8) is 0 Å². The van der Waals surface area contributed by atoms with E-state index in [2.05, 4.69) is 35.6 Å². The summed E-state index contributed by atoms with van der Waals surface area (Å²) < 4.78 is 11.0. The van der Waals surface area contributed by atoms with Crippen molar-refractivity contribution < 1.29 is 14.6 Å². The predicted octanol–water partition coefficient (Wildman–Crippen LogP) is 2.21. The van der Waals surface area contributed by atoms with Gasteiger partial charge in [0, 0.05) is 13.1 Å². The number of benzene rings is 2. The second kappa shape index (κ2) is 6.92. The SMILES string of the molecule is COc1cccc(-c2ccc(CO[C@H]3CNC[C@@H]3O)cc2)c1. The van der Waals surface area contributed by atoms with Gasteiger partial charge in [0.2, 0.25) is 0 Å². The topological polar surface area (TPSA) is 50.7 Å². The lowest BCUT2D eigenvalue weighted by molar-refractivity contribution is -0.0169. The maximum atomic E-state index is 9.71. The Labute approximate surface area is 130 Å². The molecular weight excluding hydrogens is 278 g/mol. The van der Waals surface area contributed by atoms with Gasteiger partial charge in [0.25, 0.3) is 0 Å². The molecule has 0 spiro atoms. The van der Waals surface area contributed by atoms with Gasteiger partial charge in [0.05, 0.1) is 25.9 Å². The Morgan fingerprint density at radius 3 is 2.59 bits per heavy atom. The molecule has 22 heavy (non-hydrogen) atoms. The molecule has 0 saturated carbocycles. The van der Waals surface area contributed by atoms with Crippen molar-refractivity contribution in [3.05, 3.63) is 54.1 Å². The van der Waals surface area contributed by atoms with Crippen LogP contribution in [0.2, 0.25) is 0 Å². The second-order valence-electron chi connectivity index (χ2n) is 5.50. The molecule has 1 saturated heterocycles. The van der Waals surface area contributed by atoms with Crippen molar-refractivity contribution in [2.45, 2.75) is 18.8 Å². The normalized spacial score (nSPS) is 21.0. The zero-order valence-electron chi connectivity index (χ0n) is 12.7. The highest BCUT2D eigenvalue weighted by Gasteiger charge is 2.25. The van der Waals surface area contributed by atoms with E-state index in [1.807, 2.05) is 18.2 Å². The molecule has 0 radical (unpaired) electrons. The van der Waals surface area contributed by atoms with Crippen LogP contribution in [0, 0.1) is 0 Å². The molecule has 1 fully saturated rings. The number of β-amino-alcohol motifs (C(OH)–C–C–N with tert-alkyl or cyclic N) is 1. The van der Waals surface area contributed by atoms with Gasteiger partial charge in [-0.25, -0.2) is 0 Å². The average Bonchev–Trinajstić information content (AvgIpc) is 2.98. The first-order valence-electron chi connectivity index (χ1n) is 7.50. The zero-order chi connectivity index (χ0) is 15.4. The molecule has 0 bridgehead atoms. The van der Waals surface area contributed by atoms with Crippen LogP contribution >= 0.6 is 0 Å². The number of methoxy groups -OCH3 is 1. The number of hydrogen-bond donors (Lipinski definition) is 2. The van der Waals surface area contributed by atoms with Crippen LogP contribution in [0.5, 0.6) is 5.75 Å². The largest absolute Gasteiger partial charge is 0.497 e. The number of nitrogens with one attached hydrogen (secondary N) is 1. The zero-order valence-corrected chi connectivity index (χ0v) is 12.7. The molecule has 3 rings (SSSR count). The maximum absolute atomic E-state index is 9.71. The van der Waals surface area contributed by atoms with E-state index in [0.717, 1.165) is 22.4 Å². The van der Waals surface area contributed by atoms with Gasteiger partial charge in [-0.05, 0) is 28.8 Å². The quantitative estimate of drug-likeness (QED) is 0.889. The van der Waals surface area contributed by atoms with Crippen LogP contribution in [-0.4, -0.2) is 37.5 Å². The monoisotopic (exact) mass is 299 g/mol. The average molecular weight is 299 g/mol. The van der Waals surface area contributed by atoms with Gasteiger partial charge in [-0.1, -0.05) is 36.4 Å². The van der Waals surface area contributed by atoms with E-state index in [4.69, 9.17) is 9.47 Å². The van der Waals surface area contributed by atoms with Crippen LogP contribution in [0.3, 0.4) is 0 Å². The fourth-order valence-electron chi connectivity index (χ4n) is 2.61. The third-order valence-electron chi connectivity index (χ3n) is 3.95. The lowest BCUT2D eigenvalue weighted by atomic mass is 10.0. The molecule has 1 heterocycles. The highest BCUT2D eigenvalue weighted by molar-refractivity contribution is 5.65. The van der Waals surface area contributed by atoms with Gasteiger partial charge in [0.1, 0.15) is 5.75 Å². The number of aliphatic hydroxyl groups excluding tert-OH is 1. The Hall–Kier alpha value is -1.88. The minimum Gasteiger partial charge on any atom is -0.497 e. The fraction of sp³-hybridized carbons (Fsp3) is 0.333. The van der Waals surface area contributed by atoms with E-state index in [0.29, 0.717) is 19.7 Å². The summed E-state index contributed by atoms with van der Waals surface area (Å²) in [5.74, 6) is 0.854. The molecule has 0 aromatic heterocycles. The molecule has 2 N–H and O–H groups in total. The molecule has 1 aliphatic rings. The van der Waals surface area contributed by atoms with E-state index < -0.39 is 6.10 Å². The van der Waals surface area contributed by atoms with Gasteiger partial charge in [-0.3, -0.25) is 0 Å². The number of hydrogen-bond acceptors (Lipinski definition) is 4. The molecule has 0 amide bonds. The van der Waals surface area contributed by atoms with Crippen LogP contribution < -0.4 is 10.1 Å². The molecule has 116 valence electrons. The standard InChI is InChI=1S/C18H21NO3/c1-21-16-4-2-3-15(9-16)14-7-5-13(6-8-14)12-22-18-11-19-10-17(18)20/h2-9,17-20H,10-12H2,1H3/t17-,18-/m0/s1. The summed E-state index contributed by atoms with van der Waals surface area (Å²) in [7, 11) is 1.67. The van der Waals surface area contributed by atoms with Crippen molar-refractivity contribution in [3.8, 4) is 16.9 Å². The fourth-order valence-corrected chi connectivity index (χ4v) is 2.61. The van der Waals surface area contributed by atoms with Crippen LogP contribution in [0.15, 0.2) is 48.5 Å². The van der Waals surface area contributed by atoms with E-state index in [1.165, 1.54) is 0 Å². The molecule has 2 atom stereocenters. The van der Waals surface area contributed by atoms with E-state index in [1.54, 1.807) is 7.11 Å². The number of aliphatic hydroxyl groups is 1. The molecular formula is C18H21NO3. The Kier molecular flexibility index (Phi) is 4.73. The summed E-state index contributed by atoms with van der Waals surface area (Å²) in [5.41, 5.74) is 3.37. The minimum absolute atomic E-state index is 0.113. The summed E-state index contributed by atoms with van der Waals surface area (Å²) >= 11 is 0. The molecule has 1 aliphatic heterocycles. The highest BCUT2D eigenvalue weighted by atomic mass is 16.5. The smallest absolute Gasteiger partial charge is 0.119 e. The van der Waals surface area contributed by atoms with Gasteiger partial charge >= 0.3 is 0 Å². The Morgan fingerprint density at radius 2 is 1.91 bits per heavy atom. The molecule has 0 unspecified atom stereocenters. The summed E-state index contributed by atoms with van der Waals surface area (Å²) in [4.78, 5) is 0. The van der Waals surface area contributed by atoms with E-state index >= 15 is 0 Å². The maximum Gasteiger partial charge on any atom is 0.119 e. The van der Waals surface area contributed by atoms with Crippen molar-refractivity contribution in [2.75, 3.05) is 20.2 Å². The van der Waals surface area contributed by atoms with Gasteiger partial charge in [-0.2, -0.15) is 0 Å². The Balaban J connectivity index is 1.64. The van der Waals surface area contributed by atoms with E-state index in [-0.39, 0.29) is 6.10 Å². The van der Waals surface area contributed by atoms with Crippen LogP contribution in [0.1, 0.15) is 5.56 Å². The number of rotatable bonds is 5. The van der Waals surface area contributed by atoms with Crippen molar-refractivity contribution in [1.82, 2.24) is 5.32 Å². The molecule has 2 aromatic carbocycles. The first-order chi connectivity index (χ1) is 10.8. The summed E-state index contributed by atoms with van der Waals surface area (Å²) in [6.45, 7) is 1.84. The molecule has 0 aliphatic carbocycles. The van der Waals surface area contributed by atoms with Gasteiger partial charge in [0.15, 0.2) is 0 Å². The lowest BCUT2D eigenvalue weighted by Gasteiger charge is -2.14. The third-order valence-corrected chi connectivity index (χ3v) is 3.95. The summed E-state index contributed by atoms with van der Waals surface area (Å²) in [5, 5.41) is 12.8. The molecule has 4 nitrogen and oxygen atoms in total. The summed E-state index contributed by atoms with van der Waals surface area (Å²) in [6.07, 6.45) is -0.519. The Bertz CT molecular complexity index is 612. The molecule has 4 heteroatoms. The highest BCUT2D eigenvalue weighted by Crippen LogP contribution is 2.24. The van der Waals surface area contributed by atoms with E-state index in [9.17, 15) is 5.11 Å². The van der Waals surface area contributed by atoms with Crippen molar-refractivity contribution in [2.24, 2.45) is 0 Å². The van der Waals surface area contributed by atoms with Crippen LogP contribution in [0.4, 0.5) is 0 Å². The predicted molar refractivity (Wildman–Crippen MR) is 85.9 cm³/mol. The second-order valence-corrected chi connectivity index (χ2v) is 5.50. The Morgan fingerprint density at radius 1 is 1.09 bits per heavy atom. The van der Waals surface area contributed by atoms with Crippen LogP contribution in [0.25, 0.3) is 11.1 Å². The van der Waals surface area contributed by atoms with Crippen molar-refractivity contribution in [1.29, 1.82) is 0 Å². The lowest BCUT2D eigenvalue weighted by Crippen LogP contribution is -2.26.